The van der Waals surface area contributed by atoms with Crippen molar-refractivity contribution in [2.75, 3.05) is 32.8 Å². The zero-order chi connectivity index (χ0) is 10.6. The Balaban J connectivity index is 2.35. The summed E-state index contributed by atoms with van der Waals surface area (Å²) in [5.41, 5.74) is 0. The molecule has 1 aliphatic rings. The summed E-state index contributed by atoms with van der Waals surface area (Å²) in [4.78, 5) is 24.3. The quantitative estimate of drug-likeness (QED) is 0.613. The molecule has 1 rings (SSSR count). The number of nitrogens with zero attached hydrogens (tertiary/aromatic N) is 2. The molecule has 0 aliphatic carbocycles. The van der Waals surface area contributed by atoms with E-state index in [1.807, 2.05) is 0 Å². The summed E-state index contributed by atoms with van der Waals surface area (Å²) < 4.78 is 4.78. The molecule has 1 fully saturated rings. The van der Waals surface area contributed by atoms with Gasteiger partial charge >= 0.3 is 12.2 Å². The number of hydrogen-bond acceptors (Lipinski definition) is 3. The summed E-state index contributed by atoms with van der Waals surface area (Å²) in [6.07, 6.45) is -1.57. The molecule has 1 aliphatic heterocycles. The minimum Gasteiger partial charge on any atom is -0.450 e. The molecular weight excluding hydrogens is 188 g/mol. The molecule has 0 unspecified atom stereocenters. The van der Waals surface area contributed by atoms with Crippen molar-refractivity contribution >= 4 is 12.2 Å². The molecule has 79 valence electrons. The molecule has 0 bridgehead atoms. The summed E-state index contributed by atoms with van der Waals surface area (Å²) in [6, 6.07) is 0. The van der Waals surface area contributed by atoms with Crippen molar-refractivity contribution in [3.8, 4) is 0 Å². The van der Waals surface area contributed by atoms with Gasteiger partial charge in [-0.2, -0.15) is 0 Å². The molecule has 1 saturated heterocycles. The molecule has 0 saturated carbocycles. The van der Waals surface area contributed by atoms with Crippen LogP contribution in [0.25, 0.3) is 0 Å². The van der Waals surface area contributed by atoms with E-state index in [1.54, 1.807) is 6.92 Å². The third kappa shape index (κ3) is 2.51. The van der Waals surface area contributed by atoms with Crippen molar-refractivity contribution in [3.05, 3.63) is 0 Å². The second-order valence-electron chi connectivity index (χ2n) is 2.94. The zero-order valence-electron chi connectivity index (χ0n) is 8.06. The van der Waals surface area contributed by atoms with E-state index >= 15 is 0 Å². The van der Waals surface area contributed by atoms with Gasteiger partial charge in [-0.05, 0) is 6.92 Å². The van der Waals surface area contributed by atoms with Gasteiger partial charge in [-0.3, -0.25) is 0 Å². The second-order valence-corrected chi connectivity index (χ2v) is 2.94. The van der Waals surface area contributed by atoms with Crippen molar-refractivity contribution in [2.45, 2.75) is 6.92 Å². The number of piperazine rings is 1. The van der Waals surface area contributed by atoms with Gasteiger partial charge < -0.3 is 14.5 Å². The molecule has 0 spiro atoms. The fourth-order valence-corrected chi connectivity index (χ4v) is 1.29. The molecule has 0 aromatic rings. The summed E-state index contributed by atoms with van der Waals surface area (Å²) in [7, 11) is 0. The Morgan fingerprint density at radius 3 is 2.07 bits per heavy atom. The van der Waals surface area contributed by atoms with Crippen LogP contribution in [0.1, 0.15) is 6.92 Å². The number of carbonyl (C=O) groups is 2. The molecular formula is C8H13N2O4. The number of hydrogen-bond donors (Lipinski definition) is 0. The monoisotopic (exact) mass is 201 g/mol. The van der Waals surface area contributed by atoms with Gasteiger partial charge in [0.05, 0.1) is 6.61 Å². The van der Waals surface area contributed by atoms with E-state index in [0.29, 0.717) is 32.8 Å². The lowest BCUT2D eigenvalue weighted by atomic mass is 10.3. The van der Waals surface area contributed by atoms with Gasteiger partial charge in [-0.1, -0.05) is 0 Å². The largest absolute Gasteiger partial charge is 0.453 e. The Labute approximate surface area is 82.0 Å². The van der Waals surface area contributed by atoms with Crippen molar-refractivity contribution < 1.29 is 19.4 Å². The Morgan fingerprint density at radius 1 is 1.14 bits per heavy atom. The summed E-state index contributed by atoms with van der Waals surface area (Å²) in [5, 5.41) is 10.4. The predicted molar refractivity (Wildman–Crippen MR) is 46.3 cm³/mol. The molecule has 6 heteroatoms. The molecule has 0 aromatic carbocycles. The molecule has 1 radical (unpaired) electrons. The van der Waals surface area contributed by atoms with Crippen LogP contribution in [0, 0.1) is 0 Å². The molecule has 0 atom stereocenters. The number of carbonyl (C=O) groups excluding carboxylic acids is 2. The molecule has 1 heterocycles. The number of amides is 2. The van der Waals surface area contributed by atoms with Gasteiger partial charge in [0, 0.05) is 26.2 Å². The van der Waals surface area contributed by atoms with Gasteiger partial charge in [0.25, 0.3) is 0 Å². The third-order valence-electron chi connectivity index (χ3n) is 2.06. The van der Waals surface area contributed by atoms with E-state index in [4.69, 9.17) is 4.74 Å². The van der Waals surface area contributed by atoms with Gasteiger partial charge in [-0.25, -0.2) is 14.7 Å². The first-order chi connectivity index (χ1) is 6.65. The number of rotatable bonds is 1. The highest BCUT2D eigenvalue weighted by atomic mass is 16.6. The number of ether oxygens (including phenoxy) is 1. The van der Waals surface area contributed by atoms with Gasteiger partial charge in [0.2, 0.25) is 0 Å². The Bertz CT molecular complexity index is 223. The smallest absolute Gasteiger partial charge is 0.450 e. The standard InChI is InChI=1S/C8H13N2O4/c1-2-14-8(13)10-5-3-9(4-6-10)7(11)12/h2-6H2,1H3. The molecule has 6 nitrogen and oxygen atoms in total. The van der Waals surface area contributed by atoms with Crippen LogP contribution in [0.3, 0.4) is 0 Å². The van der Waals surface area contributed by atoms with Crippen LogP contribution < -0.4 is 0 Å². The van der Waals surface area contributed by atoms with Crippen LogP contribution in [-0.4, -0.2) is 54.8 Å². The minimum atomic E-state index is -1.19. The van der Waals surface area contributed by atoms with Crippen LogP contribution in [0.15, 0.2) is 0 Å². The normalized spacial score (nSPS) is 16.6. The van der Waals surface area contributed by atoms with Gasteiger partial charge in [0.1, 0.15) is 0 Å². The highest BCUT2D eigenvalue weighted by molar-refractivity contribution is 5.69. The minimum absolute atomic E-state index is 0.293. The van der Waals surface area contributed by atoms with Crippen LogP contribution >= 0.6 is 0 Å². The summed E-state index contributed by atoms with van der Waals surface area (Å²) in [6.45, 7) is 3.39. The van der Waals surface area contributed by atoms with E-state index < -0.39 is 6.09 Å². The first-order valence-electron chi connectivity index (χ1n) is 4.52. The highest BCUT2D eigenvalue weighted by Crippen LogP contribution is 2.03. The lowest BCUT2D eigenvalue weighted by molar-refractivity contribution is 0.0679. The van der Waals surface area contributed by atoms with Gasteiger partial charge in [-0.15, -0.1) is 0 Å². The highest BCUT2D eigenvalue weighted by Gasteiger charge is 2.24. The van der Waals surface area contributed by atoms with E-state index in [1.165, 1.54) is 9.80 Å². The fourth-order valence-electron chi connectivity index (χ4n) is 1.29. The van der Waals surface area contributed by atoms with Crippen LogP contribution in [0.4, 0.5) is 9.59 Å². The van der Waals surface area contributed by atoms with E-state index in [0.717, 1.165) is 0 Å². The maximum atomic E-state index is 11.2. The first-order valence-corrected chi connectivity index (χ1v) is 4.52. The Hall–Kier alpha value is -1.46. The molecule has 14 heavy (non-hydrogen) atoms. The first kappa shape index (κ1) is 10.6. The lowest BCUT2D eigenvalue weighted by Crippen LogP contribution is -2.50. The topological polar surface area (TPSA) is 69.8 Å². The maximum Gasteiger partial charge on any atom is 0.453 e. The van der Waals surface area contributed by atoms with Gasteiger partial charge in [0.15, 0.2) is 0 Å². The van der Waals surface area contributed by atoms with Crippen LogP contribution in [0.5, 0.6) is 0 Å². The molecule has 2 amide bonds. The van der Waals surface area contributed by atoms with Crippen LogP contribution in [-0.2, 0) is 9.84 Å². The van der Waals surface area contributed by atoms with E-state index in [-0.39, 0.29) is 6.09 Å². The SMILES string of the molecule is CCOC(=O)N1CCN(C([O])=O)CC1. The average Bonchev–Trinajstić information content (AvgIpc) is 2.18. The van der Waals surface area contributed by atoms with Crippen molar-refractivity contribution in [2.24, 2.45) is 0 Å². The Kier molecular flexibility index (Phi) is 3.55. The van der Waals surface area contributed by atoms with Crippen molar-refractivity contribution in [1.82, 2.24) is 9.80 Å². The van der Waals surface area contributed by atoms with E-state index in [2.05, 4.69) is 0 Å². The Morgan fingerprint density at radius 2 is 1.64 bits per heavy atom. The van der Waals surface area contributed by atoms with Crippen LogP contribution in [0.2, 0.25) is 0 Å². The summed E-state index contributed by atoms with van der Waals surface area (Å²) in [5.74, 6) is 0. The predicted octanol–water partition coefficient (Wildman–Crippen LogP) is 0.311. The average molecular weight is 201 g/mol. The molecule has 0 aromatic heterocycles. The maximum absolute atomic E-state index is 11.2. The third-order valence-corrected chi connectivity index (χ3v) is 2.06. The lowest BCUT2D eigenvalue weighted by Gasteiger charge is -2.31. The van der Waals surface area contributed by atoms with E-state index in [9.17, 15) is 14.7 Å². The second kappa shape index (κ2) is 4.69. The van der Waals surface area contributed by atoms with Crippen molar-refractivity contribution in [3.63, 3.8) is 0 Å². The summed E-state index contributed by atoms with van der Waals surface area (Å²) >= 11 is 0. The van der Waals surface area contributed by atoms with Crippen molar-refractivity contribution in [1.29, 1.82) is 0 Å². The molecule has 0 N–H and O–H groups in total. The fraction of sp³-hybridized carbons (Fsp3) is 0.750. The zero-order valence-corrected chi connectivity index (χ0v) is 8.06.